The molecule has 0 unspecified atom stereocenters. The van der Waals surface area contributed by atoms with Crippen LogP contribution in [0.2, 0.25) is 0 Å². The highest BCUT2D eigenvalue weighted by Crippen LogP contribution is 2.21. The lowest BCUT2D eigenvalue weighted by Gasteiger charge is -2.18. The van der Waals surface area contributed by atoms with Crippen molar-refractivity contribution in [1.82, 2.24) is 0 Å². The van der Waals surface area contributed by atoms with Gasteiger partial charge in [-0.25, -0.2) is 4.79 Å². The fourth-order valence-electron chi connectivity index (χ4n) is 2.03. The zero-order valence-corrected chi connectivity index (χ0v) is 12.2. The molecule has 2 heteroatoms. The summed E-state index contributed by atoms with van der Waals surface area (Å²) >= 11 is 0. The lowest BCUT2D eigenvalue weighted by molar-refractivity contribution is 0.0735. The van der Waals surface area contributed by atoms with E-state index in [0.717, 1.165) is 6.42 Å². The van der Waals surface area contributed by atoms with Gasteiger partial charge in [-0.1, -0.05) is 51.1 Å². The van der Waals surface area contributed by atoms with Gasteiger partial charge in [0.05, 0.1) is 5.56 Å². The maximum absolute atomic E-state index is 12.0. The summed E-state index contributed by atoms with van der Waals surface area (Å²) in [6.07, 6.45) is 0.987. The van der Waals surface area contributed by atoms with E-state index in [1.165, 1.54) is 5.56 Å². The Bertz CT molecular complexity index is 563. The second-order valence-corrected chi connectivity index (χ2v) is 6.14. The average Bonchev–Trinajstić information content (AvgIpc) is 2.39. The molecule has 2 aromatic rings. The van der Waals surface area contributed by atoms with Crippen LogP contribution >= 0.6 is 0 Å². The van der Waals surface area contributed by atoms with Crippen LogP contribution in [0.3, 0.4) is 0 Å². The summed E-state index contributed by atoms with van der Waals surface area (Å²) in [5.74, 6) is 0.245. The van der Waals surface area contributed by atoms with Crippen LogP contribution in [0, 0.1) is 5.41 Å². The molecule has 104 valence electrons. The van der Waals surface area contributed by atoms with Gasteiger partial charge in [0.2, 0.25) is 0 Å². The van der Waals surface area contributed by atoms with E-state index >= 15 is 0 Å². The number of hydrogen-bond donors (Lipinski definition) is 0. The van der Waals surface area contributed by atoms with E-state index in [9.17, 15) is 4.79 Å². The first-order valence-corrected chi connectivity index (χ1v) is 6.80. The number of benzene rings is 2. The number of carbonyl (C=O) groups is 1. The van der Waals surface area contributed by atoms with Gasteiger partial charge in [0.1, 0.15) is 5.75 Å². The molecule has 2 aromatic carbocycles. The van der Waals surface area contributed by atoms with Gasteiger partial charge in [-0.15, -0.1) is 0 Å². The van der Waals surface area contributed by atoms with Crippen molar-refractivity contribution >= 4 is 5.97 Å². The lowest BCUT2D eigenvalue weighted by atomic mass is 9.88. The minimum absolute atomic E-state index is 0.242. The van der Waals surface area contributed by atoms with E-state index in [0.29, 0.717) is 11.3 Å². The number of para-hydroxylation sites is 1. The third-order valence-electron chi connectivity index (χ3n) is 2.88. The molecule has 0 atom stereocenters. The van der Waals surface area contributed by atoms with Crippen LogP contribution in [0.5, 0.6) is 5.75 Å². The standard InChI is InChI=1S/C18H20O2/c1-18(2,3)13-14-9-11-15(12-10-14)17(19)20-16-7-5-4-6-8-16/h4-12H,13H2,1-3H3. The monoisotopic (exact) mass is 268 g/mol. The Hall–Kier alpha value is -2.09. The zero-order valence-electron chi connectivity index (χ0n) is 12.2. The topological polar surface area (TPSA) is 26.3 Å². The summed E-state index contributed by atoms with van der Waals surface area (Å²) in [7, 11) is 0. The molecule has 2 rings (SSSR count). The lowest BCUT2D eigenvalue weighted by Crippen LogP contribution is -2.11. The normalized spacial score (nSPS) is 11.2. The first kappa shape index (κ1) is 14.3. The summed E-state index contributed by atoms with van der Waals surface area (Å²) in [6.45, 7) is 6.60. The maximum atomic E-state index is 12.0. The molecule has 0 bridgehead atoms. The van der Waals surface area contributed by atoms with Crippen molar-refractivity contribution in [1.29, 1.82) is 0 Å². The van der Waals surface area contributed by atoms with Crippen LogP contribution in [0.25, 0.3) is 0 Å². The summed E-state index contributed by atoms with van der Waals surface area (Å²) in [6, 6.07) is 16.7. The van der Waals surface area contributed by atoms with E-state index < -0.39 is 0 Å². The van der Waals surface area contributed by atoms with Crippen molar-refractivity contribution in [3.05, 3.63) is 65.7 Å². The maximum Gasteiger partial charge on any atom is 0.343 e. The molecular weight excluding hydrogens is 248 g/mol. The second-order valence-electron chi connectivity index (χ2n) is 6.14. The summed E-state index contributed by atoms with van der Waals surface area (Å²) < 4.78 is 5.30. The molecule has 0 aliphatic carbocycles. The summed E-state index contributed by atoms with van der Waals surface area (Å²) in [4.78, 5) is 12.0. The SMILES string of the molecule is CC(C)(C)Cc1ccc(C(=O)Oc2ccccc2)cc1. The number of ether oxygens (including phenoxy) is 1. The molecule has 20 heavy (non-hydrogen) atoms. The average molecular weight is 268 g/mol. The van der Waals surface area contributed by atoms with E-state index in [4.69, 9.17) is 4.74 Å². The van der Waals surface area contributed by atoms with Crippen LogP contribution in [0.15, 0.2) is 54.6 Å². The highest BCUT2D eigenvalue weighted by atomic mass is 16.5. The number of esters is 1. The van der Waals surface area contributed by atoms with Crippen molar-refractivity contribution in [2.24, 2.45) is 5.41 Å². The molecule has 0 fully saturated rings. The smallest absolute Gasteiger partial charge is 0.343 e. The van der Waals surface area contributed by atoms with Gasteiger partial charge < -0.3 is 4.74 Å². The number of hydrogen-bond acceptors (Lipinski definition) is 2. The van der Waals surface area contributed by atoms with Gasteiger partial charge in [0.25, 0.3) is 0 Å². The summed E-state index contributed by atoms with van der Waals surface area (Å²) in [5.41, 5.74) is 2.05. The minimum atomic E-state index is -0.321. The van der Waals surface area contributed by atoms with Gasteiger partial charge >= 0.3 is 5.97 Å². The Morgan fingerprint density at radius 1 is 0.950 bits per heavy atom. The predicted molar refractivity (Wildman–Crippen MR) is 81.0 cm³/mol. The van der Waals surface area contributed by atoms with E-state index in [1.807, 2.05) is 42.5 Å². The van der Waals surface area contributed by atoms with Crippen molar-refractivity contribution in [2.45, 2.75) is 27.2 Å². The van der Waals surface area contributed by atoms with Crippen LogP contribution in [0.1, 0.15) is 36.7 Å². The molecule has 0 spiro atoms. The zero-order chi connectivity index (χ0) is 14.6. The van der Waals surface area contributed by atoms with E-state index in [1.54, 1.807) is 12.1 Å². The number of rotatable bonds is 3. The fourth-order valence-corrected chi connectivity index (χ4v) is 2.03. The first-order valence-electron chi connectivity index (χ1n) is 6.80. The van der Waals surface area contributed by atoms with Crippen LogP contribution in [-0.2, 0) is 6.42 Å². The molecule has 0 aromatic heterocycles. The predicted octanol–water partition coefficient (Wildman–Crippen LogP) is 4.49. The summed E-state index contributed by atoms with van der Waals surface area (Å²) in [5, 5.41) is 0. The second kappa shape index (κ2) is 5.91. The van der Waals surface area contributed by atoms with Gasteiger partial charge in [-0.05, 0) is 41.7 Å². The minimum Gasteiger partial charge on any atom is -0.423 e. The molecule has 0 aliphatic heterocycles. The van der Waals surface area contributed by atoms with Crippen molar-refractivity contribution in [3.63, 3.8) is 0 Å². The third-order valence-corrected chi connectivity index (χ3v) is 2.88. The Kier molecular flexibility index (Phi) is 4.23. The molecule has 0 heterocycles. The molecule has 0 saturated carbocycles. The Balaban J connectivity index is 2.04. The third kappa shape index (κ3) is 4.23. The van der Waals surface area contributed by atoms with Crippen molar-refractivity contribution in [3.8, 4) is 5.75 Å². The first-order chi connectivity index (χ1) is 9.44. The molecular formula is C18H20O2. The number of carbonyl (C=O) groups excluding carboxylic acids is 1. The highest BCUT2D eigenvalue weighted by Gasteiger charge is 2.12. The Morgan fingerprint density at radius 3 is 2.10 bits per heavy atom. The van der Waals surface area contributed by atoms with Crippen LogP contribution < -0.4 is 4.74 Å². The van der Waals surface area contributed by atoms with E-state index in [2.05, 4.69) is 20.8 Å². The van der Waals surface area contributed by atoms with Crippen LogP contribution in [-0.4, -0.2) is 5.97 Å². The largest absolute Gasteiger partial charge is 0.423 e. The molecule has 0 N–H and O–H groups in total. The van der Waals surface area contributed by atoms with Crippen LogP contribution in [0.4, 0.5) is 0 Å². The molecule has 0 amide bonds. The fraction of sp³-hybridized carbons (Fsp3) is 0.278. The van der Waals surface area contributed by atoms with Gasteiger partial charge in [0.15, 0.2) is 0 Å². The van der Waals surface area contributed by atoms with E-state index in [-0.39, 0.29) is 11.4 Å². The van der Waals surface area contributed by atoms with Gasteiger partial charge in [-0.2, -0.15) is 0 Å². The van der Waals surface area contributed by atoms with Gasteiger partial charge in [0, 0.05) is 0 Å². The Morgan fingerprint density at radius 2 is 1.55 bits per heavy atom. The molecule has 0 saturated heterocycles. The quantitative estimate of drug-likeness (QED) is 0.605. The Labute approximate surface area is 120 Å². The highest BCUT2D eigenvalue weighted by molar-refractivity contribution is 5.91. The molecule has 0 aliphatic rings. The van der Waals surface area contributed by atoms with Crippen molar-refractivity contribution < 1.29 is 9.53 Å². The van der Waals surface area contributed by atoms with Gasteiger partial charge in [-0.3, -0.25) is 0 Å². The van der Waals surface area contributed by atoms with Crippen molar-refractivity contribution in [2.75, 3.05) is 0 Å². The molecule has 2 nitrogen and oxygen atoms in total. The molecule has 0 radical (unpaired) electrons.